The Labute approximate surface area is 92.1 Å². The first-order chi connectivity index (χ1) is 7.22. The van der Waals surface area contributed by atoms with E-state index in [1.165, 1.54) is 12.0 Å². The second kappa shape index (κ2) is 6.58. The third-order valence-corrected chi connectivity index (χ3v) is 2.29. The molecule has 1 rings (SSSR count). The van der Waals surface area contributed by atoms with Gasteiger partial charge in [0.1, 0.15) is 0 Å². The van der Waals surface area contributed by atoms with Gasteiger partial charge in [0.15, 0.2) is 0 Å². The molecule has 1 atom stereocenters. The number of hydrogen-bond donors (Lipinski definition) is 2. The number of aryl methyl sites for hydroxylation is 1. The zero-order valence-electron chi connectivity index (χ0n) is 9.95. The van der Waals surface area contributed by atoms with Crippen molar-refractivity contribution in [3.05, 3.63) is 18.0 Å². The highest BCUT2D eigenvalue weighted by Crippen LogP contribution is 1.95. The number of hydrogen-bond acceptors (Lipinski definition) is 3. The number of rotatable bonds is 7. The van der Waals surface area contributed by atoms with E-state index < -0.39 is 0 Å². The molecule has 0 aliphatic rings. The van der Waals surface area contributed by atoms with E-state index in [0.29, 0.717) is 6.04 Å². The van der Waals surface area contributed by atoms with Crippen LogP contribution in [-0.4, -0.2) is 28.9 Å². The van der Waals surface area contributed by atoms with Gasteiger partial charge in [0.2, 0.25) is 0 Å². The summed E-state index contributed by atoms with van der Waals surface area (Å²) in [4.78, 5) is 0. The molecule has 0 aliphatic carbocycles. The monoisotopic (exact) mass is 210 g/mol. The highest BCUT2D eigenvalue weighted by atomic mass is 15.2. The average Bonchev–Trinajstić information content (AvgIpc) is 2.62. The molecule has 0 bridgehead atoms. The first-order valence-corrected chi connectivity index (χ1v) is 5.64. The maximum absolute atomic E-state index is 4.13. The molecule has 86 valence electrons. The van der Waals surface area contributed by atoms with E-state index in [1.807, 2.05) is 24.1 Å². The molecule has 0 fully saturated rings. The third kappa shape index (κ3) is 4.95. The van der Waals surface area contributed by atoms with Crippen molar-refractivity contribution in [3.63, 3.8) is 0 Å². The molecular weight excluding hydrogens is 188 g/mol. The normalized spacial score (nSPS) is 13.0. The lowest BCUT2D eigenvalue weighted by Gasteiger charge is -2.13. The maximum atomic E-state index is 4.13. The van der Waals surface area contributed by atoms with Crippen molar-refractivity contribution in [3.8, 4) is 0 Å². The largest absolute Gasteiger partial charge is 0.315 e. The molecule has 1 heterocycles. The van der Waals surface area contributed by atoms with Gasteiger partial charge in [0, 0.05) is 37.9 Å². The molecule has 1 aromatic heterocycles. The second-order valence-corrected chi connectivity index (χ2v) is 4.01. The van der Waals surface area contributed by atoms with Gasteiger partial charge in [-0.15, -0.1) is 0 Å². The lowest BCUT2D eigenvalue weighted by Crippen LogP contribution is -2.36. The molecule has 4 nitrogen and oxygen atoms in total. The Bertz CT molecular complexity index is 269. The number of aromatic nitrogens is 2. The van der Waals surface area contributed by atoms with E-state index >= 15 is 0 Å². The van der Waals surface area contributed by atoms with Crippen LogP contribution in [-0.2, 0) is 13.6 Å². The summed E-state index contributed by atoms with van der Waals surface area (Å²) in [7, 11) is 1.94. The quantitative estimate of drug-likeness (QED) is 0.657. The van der Waals surface area contributed by atoms with Gasteiger partial charge in [-0.25, -0.2) is 0 Å². The molecular formula is C11H22N4. The Morgan fingerprint density at radius 1 is 1.53 bits per heavy atom. The molecule has 0 saturated carbocycles. The van der Waals surface area contributed by atoms with Gasteiger partial charge in [0.25, 0.3) is 0 Å². The van der Waals surface area contributed by atoms with E-state index in [1.54, 1.807) is 0 Å². The zero-order valence-corrected chi connectivity index (χ0v) is 9.95. The fourth-order valence-corrected chi connectivity index (χ4v) is 1.42. The van der Waals surface area contributed by atoms with Crippen molar-refractivity contribution in [2.24, 2.45) is 7.05 Å². The maximum Gasteiger partial charge on any atom is 0.0534 e. The van der Waals surface area contributed by atoms with Gasteiger partial charge in [-0.3, -0.25) is 4.68 Å². The van der Waals surface area contributed by atoms with Crippen LogP contribution in [0.25, 0.3) is 0 Å². The Kier molecular flexibility index (Phi) is 5.36. The van der Waals surface area contributed by atoms with Gasteiger partial charge in [0.05, 0.1) is 6.20 Å². The molecule has 0 saturated heterocycles. The van der Waals surface area contributed by atoms with Gasteiger partial charge < -0.3 is 10.6 Å². The molecule has 2 N–H and O–H groups in total. The summed E-state index contributed by atoms with van der Waals surface area (Å²) in [5.74, 6) is 0. The van der Waals surface area contributed by atoms with E-state index in [2.05, 4.69) is 29.6 Å². The number of nitrogens with zero attached hydrogens (tertiary/aromatic N) is 2. The Balaban J connectivity index is 2.13. The van der Waals surface area contributed by atoms with Crippen LogP contribution in [0.4, 0.5) is 0 Å². The molecule has 1 aromatic rings. The fraction of sp³-hybridized carbons (Fsp3) is 0.727. The predicted molar refractivity (Wildman–Crippen MR) is 62.7 cm³/mol. The Hall–Kier alpha value is -0.870. The van der Waals surface area contributed by atoms with E-state index in [9.17, 15) is 0 Å². The smallest absolute Gasteiger partial charge is 0.0534 e. The van der Waals surface area contributed by atoms with Crippen molar-refractivity contribution >= 4 is 0 Å². The summed E-state index contributed by atoms with van der Waals surface area (Å²) in [6.07, 6.45) is 5.13. The van der Waals surface area contributed by atoms with Crippen LogP contribution in [0.15, 0.2) is 12.4 Å². The van der Waals surface area contributed by atoms with Crippen molar-refractivity contribution in [1.82, 2.24) is 20.4 Å². The Morgan fingerprint density at radius 3 is 2.93 bits per heavy atom. The van der Waals surface area contributed by atoms with Crippen LogP contribution in [0, 0.1) is 0 Å². The molecule has 15 heavy (non-hydrogen) atoms. The molecule has 0 radical (unpaired) electrons. The minimum Gasteiger partial charge on any atom is -0.315 e. The molecule has 0 aromatic carbocycles. The first kappa shape index (κ1) is 12.2. The summed E-state index contributed by atoms with van der Waals surface area (Å²) in [6.45, 7) is 7.38. The molecule has 0 aliphatic heterocycles. The van der Waals surface area contributed by atoms with Gasteiger partial charge in [-0.05, 0) is 19.9 Å². The molecule has 0 amide bonds. The predicted octanol–water partition coefficient (Wildman–Crippen LogP) is 0.898. The van der Waals surface area contributed by atoms with Crippen LogP contribution >= 0.6 is 0 Å². The van der Waals surface area contributed by atoms with Gasteiger partial charge >= 0.3 is 0 Å². The first-order valence-electron chi connectivity index (χ1n) is 5.64. The van der Waals surface area contributed by atoms with Gasteiger partial charge in [-0.2, -0.15) is 5.10 Å². The fourth-order valence-electron chi connectivity index (χ4n) is 1.42. The highest BCUT2D eigenvalue weighted by Gasteiger charge is 2.01. The van der Waals surface area contributed by atoms with Crippen molar-refractivity contribution in [2.45, 2.75) is 32.9 Å². The van der Waals surface area contributed by atoms with Crippen LogP contribution in [0.5, 0.6) is 0 Å². The second-order valence-electron chi connectivity index (χ2n) is 4.01. The van der Waals surface area contributed by atoms with Crippen LogP contribution in [0.3, 0.4) is 0 Å². The van der Waals surface area contributed by atoms with Crippen molar-refractivity contribution < 1.29 is 0 Å². The molecule has 0 spiro atoms. The summed E-state index contributed by atoms with van der Waals surface area (Å²) >= 11 is 0. The van der Waals surface area contributed by atoms with Crippen molar-refractivity contribution in [1.29, 1.82) is 0 Å². The minimum atomic E-state index is 0.497. The summed E-state index contributed by atoms with van der Waals surface area (Å²) in [6, 6.07) is 0.497. The van der Waals surface area contributed by atoms with E-state index in [0.717, 1.165) is 19.6 Å². The summed E-state index contributed by atoms with van der Waals surface area (Å²) in [5, 5.41) is 11.0. The van der Waals surface area contributed by atoms with Gasteiger partial charge in [-0.1, -0.05) is 6.92 Å². The van der Waals surface area contributed by atoms with Crippen LogP contribution < -0.4 is 10.6 Å². The van der Waals surface area contributed by atoms with Crippen LogP contribution in [0.2, 0.25) is 0 Å². The zero-order chi connectivity index (χ0) is 11.1. The lowest BCUT2D eigenvalue weighted by atomic mass is 10.3. The minimum absolute atomic E-state index is 0.497. The van der Waals surface area contributed by atoms with E-state index in [-0.39, 0.29) is 0 Å². The standard InChI is InChI=1S/C11H22N4/c1-4-5-12-6-10(2)13-7-11-8-14-15(3)9-11/h8-10,12-13H,4-7H2,1-3H3. The summed E-state index contributed by atoms with van der Waals surface area (Å²) < 4.78 is 1.83. The van der Waals surface area contributed by atoms with Crippen LogP contribution in [0.1, 0.15) is 25.8 Å². The summed E-state index contributed by atoms with van der Waals surface area (Å²) in [5.41, 5.74) is 1.24. The molecule has 1 unspecified atom stereocenters. The van der Waals surface area contributed by atoms with Crippen molar-refractivity contribution in [2.75, 3.05) is 13.1 Å². The van der Waals surface area contributed by atoms with E-state index in [4.69, 9.17) is 0 Å². The SMILES string of the molecule is CCCNCC(C)NCc1cnn(C)c1. The third-order valence-electron chi connectivity index (χ3n) is 2.29. The topological polar surface area (TPSA) is 41.9 Å². The number of nitrogens with one attached hydrogen (secondary N) is 2. The molecule has 4 heteroatoms. The average molecular weight is 210 g/mol. The lowest BCUT2D eigenvalue weighted by molar-refractivity contribution is 0.501. The Morgan fingerprint density at radius 2 is 2.33 bits per heavy atom. The highest BCUT2D eigenvalue weighted by molar-refractivity contribution is 5.02.